The fourth-order valence-corrected chi connectivity index (χ4v) is 3.53. The lowest BCUT2D eigenvalue weighted by molar-refractivity contribution is -0.125. The Balaban J connectivity index is 1.41. The summed E-state index contributed by atoms with van der Waals surface area (Å²) in [7, 11) is 1.78. The summed E-state index contributed by atoms with van der Waals surface area (Å²) in [5, 5.41) is 10.3. The van der Waals surface area contributed by atoms with Gasteiger partial charge >= 0.3 is 6.03 Å². The first-order chi connectivity index (χ1) is 14.8. The average molecular weight is 422 g/mol. The number of ether oxygens (including phenoxy) is 1. The third kappa shape index (κ3) is 4.18. The number of imide groups is 1. The molecule has 31 heavy (non-hydrogen) atoms. The van der Waals surface area contributed by atoms with Gasteiger partial charge in [-0.1, -0.05) is 12.1 Å². The van der Waals surface area contributed by atoms with Crippen LogP contribution in [-0.2, 0) is 23.2 Å². The van der Waals surface area contributed by atoms with Crippen LogP contribution in [0.2, 0.25) is 0 Å². The third-order valence-electron chi connectivity index (χ3n) is 4.92. The standard InChI is InChI=1S/C21H22N6O4/c1-12-7-13(2)23-19-18(12)20(25-26(19)3)31-11-16(28)24-15-6-4-5-14(8-15)10-27-17(29)9-22-21(27)30/h4-8H,9-11H2,1-3H3,(H,22,30)(H,24,28). The number of urea groups is 1. The van der Waals surface area contributed by atoms with Crippen molar-refractivity contribution in [2.45, 2.75) is 20.4 Å². The summed E-state index contributed by atoms with van der Waals surface area (Å²) in [6.07, 6.45) is 0. The van der Waals surface area contributed by atoms with E-state index in [9.17, 15) is 14.4 Å². The van der Waals surface area contributed by atoms with E-state index in [4.69, 9.17) is 4.74 Å². The van der Waals surface area contributed by atoms with Gasteiger partial charge in [0.25, 0.3) is 5.91 Å². The maximum atomic E-state index is 12.4. The Labute approximate surface area is 178 Å². The van der Waals surface area contributed by atoms with Crippen LogP contribution < -0.4 is 15.4 Å². The van der Waals surface area contributed by atoms with Crippen LogP contribution >= 0.6 is 0 Å². The number of aryl methyl sites for hydroxylation is 3. The molecule has 2 aromatic heterocycles. The number of anilines is 1. The second-order valence-corrected chi connectivity index (χ2v) is 7.38. The predicted molar refractivity (Wildman–Crippen MR) is 112 cm³/mol. The monoisotopic (exact) mass is 422 g/mol. The molecule has 160 valence electrons. The Morgan fingerprint density at radius 3 is 2.81 bits per heavy atom. The summed E-state index contributed by atoms with van der Waals surface area (Å²) < 4.78 is 7.30. The van der Waals surface area contributed by atoms with Crippen LogP contribution in [0.4, 0.5) is 10.5 Å². The molecule has 4 amide bonds. The van der Waals surface area contributed by atoms with Crippen molar-refractivity contribution in [1.29, 1.82) is 0 Å². The summed E-state index contributed by atoms with van der Waals surface area (Å²) in [5.74, 6) is -0.288. The van der Waals surface area contributed by atoms with Crippen molar-refractivity contribution in [3.05, 3.63) is 47.2 Å². The van der Waals surface area contributed by atoms with Crippen LogP contribution in [0.5, 0.6) is 5.88 Å². The minimum Gasteiger partial charge on any atom is -0.466 e. The molecular formula is C21H22N6O4. The van der Waals surface area contributed by atoms with E-state index in [1.165, 1.54) is 0 Å². The Bertz CT molecular complexity index is 1190. The molecule has 0 spiro atoms. The molecule has 1 aliphatic rings. The molecule has 10 nitrogen and oxygen atoms in total. The van der Waals surface area contributed by atoms with Gasteiger partial charge in [-0.15, -0.1) is 5.10 Å². The minimum atomic E-state index is -0.421. The quantitative estimate of drug-likeness (QED) is 0.583. The molecular weight excluding hydrogens is 400 g/mol. The molecule has 1 aliphatic heterocycles. The molecule has 1 aromatic carbocycles. The molecule has 0 bridgehead atoms. The van der Waals surface area contributed by atoms with Crippen LogP contribution in [0.15, 0.2) is 30.3 Å². The molecule has 0 radical (unpaired) electrons. The first-order valence-corrected chi connectivity index (χ1v) is 9.72. The summed E-state index contributed by atoms with van der Waals surface area (Å²) in [6.45, 7) is 3.77. The van der Waals surface area contributed by atoms with E-state index in [2.05, 4.69) is 20.7 Å². The second-order valence-electron chi connectivity index (χ2n) is 7.38. The van der Waals surface area contributed by atoms with E-state index < -0.39 is 6.03 Å². The Morgan fingerprint density at radius 1 is 1.26 bits per heavy atom. The highest BCUT2D eigenvalue weighted by Crippen LogP contribution is 2.27. The predicted octanol–water partition coefficient (Wildman–Crippen LogP) is 1.65. The maximum Gasteiger partial charge on any atom is 0.324 e. The Morgan fingerprint density at radius 2 is 2.06 bits per heavy atom. The number of amides is 4. The van der Waals surface area contributed by atoms with Crippen molar-refractivity contribution in [3.63, 3.8) is 0 Å². The molecule has 0 saturated carbocycles. The van der Waals surface area contributed by atoms with Gasteiger partial charge in [0.05, 0.1) is 18.5 Å². The zero-order chi connectivity index (χ0) is 22.1. The number of carbonyl (C=O) groups is 3. The molecule has 0 aliphatic carbocycles. The first kappa shape index (κ1) is 20.3. The molecule has 3 heterocycles. The number of nitrogens with zero attached hydrogens (tertiary/aromatic N) is 4. The first-order valence-electron chi connectivity index (χ1n) is 9.72. The van der Waals surface area contributed by atoms with Crippen LogP contribution in [0.1, 0.15) is 16.8 Å². The number of aromatic nitrogens is 3. The summed E-state index contributed by atoms with van der Waals surface area (Å²) in [5.41, 5.74) is 3.81. The van der Waals surface area contributed by atoms with Crippen LogP contribution in [0, 0.1) is 13.8 Å². The molecule has 4 rings (SSSR count). The third-order valence-corrected chi connectivity index (χ3v) is 4.92. The molecule has 3 aromatic rings. The van der Waals surface area contributed by atoms with E-state index >= 15 is 0 Å². The lowest BCUT2D eigenvalue weighted by Crippen LogP contribution is -2.30. The van der Waals surface area contributed by atoms with Crippen LogP contribution in [-0.4, -0.2) is 50.7 Å². The van der Waals surface area contributed by atoms with Crippen molar-refractivity contribution >= 4 is 34.6 Å². The minimum absolute atomic E-state index is 0.00334. The lowest BCUT2D eigenvalue weighted by Gasteiger charge is -2.13. The largest absolute Gasteiger partial charge is 0.466 e. The molecule has 1 fully saturated rings. The van der Waals surface area contributed by atoms with E-state index in [0.717, 1.165) is 27.1 Å². The number of fused-ring (bicyclic) bond motifs is 1. The SMILES string of the molecule is Cc1cc(C)c2c(OCC(=O)Nc3cccc(CN4C(=O)CNC4=O)c3)nn(C)c2n1. The van der Waals surface area contributed by atoms with Crippen molar-refractivity contribution in [2.24, 2.45) is 7.05 Å². The number of benzene rings is 1. The number of carbonyl (C=O) groups excluding carboxylic acids is 3. The van der Waals surface area contributed by atoms with Gasteiger partial charge < -0.3 is 15.4 Å². The second kappa shape index (κ2) is 8.05. The van der Waals surface area contributed by atoms with E-state index in [0.29, 0.717) is 17.2 Å². The van der Waals surface area contributed by atoms with Gasteiger partial charge in [-0.3, -0.25) is 14.5 Å². The smallest absolute Gasteiger partial charge is 0.324 e. The average Bonchev–Trinajstić information content (AvgIpc) is 3.20. The fraction of sp³-hybridized carbons (Fsp3) is 0.286. The summed E-state index contributed by atoms with van der Waals surface area (Å²) >= 11 is 0. The van der Waals surface area contributed by atoms with E-state index in [1.54, 1.807) is 36.0 Å². The Kier molecular flexibility index (Phi) is 5.28. The maximum absolute atomic E-state index is 12.4. The zero-order valence-electron chi connectivity index (χ0n) is 17.4. The Hall–Kier alpha value is -3.95. The highest BCUT2D eigenvalue weighted by atomic mass is 16.5. The van der Waals surface area contributed by atoms with E-state index in [1.807, 2.05) is 19.9 Å². The number of rotatable bonds is 6. The fourth-order valence-electron chi connectivity index (χ4n) is 3.53. The van der Waals surface area contributed by atoms with Gasteiger partial charge in [-0.2, -0.15) is 0 Å². The highest BCUT2D eigenvalue weighted by Gasteiger charge is 2.28. The summed E-state index contributed by atoms with van der Waals surface area (Å²) in [6, 6.07) is 8.48. The number of hydrogen-bond acceptors (Lipinski definition) is 6. The van der Waals surface area contributed by atoms with Crippen molar-refractivity contribution in [2.75, 3.05) is 18.5 Å². The van der Waals surface area contributed by atoms with Gasteiger partial charge in [-0.25, -0.2) is 14.5 Å². The molecule has 1 saturated heterocycles. The van der Waals surface area contributed by atoms with Crippen LogP contribution in [0.25, 0.3) is 11.0 Å². The number of hydrogen-bond donors (Lipinski definition) is 2. The van der Waals surface area contributed by atoms with Crippen molar-refractivity contribution in [3.8, 4) is 5.88 Å². The van der Waals surface area contributed by atoms with Crippen molar-refractivity contribution < 1.29 is 19.1 Å². The van der Waals surface area contributed by atoms with Gasteiger partial charge in [0.1, 0.15) is 0 Å². The lowest BCUT2D eigenvalue weighted by atomic mass is 10.2. The van der Waals surface area contributed by atoms with Gasteiger partial charge in [0, 0.05) is 18.4 Å². The molecule has 10 heteroatoms. The number of pyridine rings is 1. The summed E-state index contributed by atoms with van der Waals surface area (Å²) in [4.78, 5) is 41.5. The molecule has 2 N–H and O–H groups in total. The molecule has 0 atom stereocenters. The van der Waals surface area contributed by atoms with Crippen LogP contribution in [0.3, 0.4) is 0 Å². The zero-order valence-corrected chi connectivity index (χ0v) is 17.4. The normalized spacial score (nSPS) is 13.6. The van der Waals surface area contributed by atoms with Crippen molar-refractivity contribution in [1.82, 2.24) is 25.0 Å². The van der Waals surface area contributed by atoms with Gasteiger partial charge in [0.2, 0.25) is 11.8 Å². The highest BCUT2D eigenvalue weighted by molar-refractivity contribution is 6.01. The van der Waals surface area contributed by atoms with Gasteiger partial charge in [-0.05, 0) is 43.2 Å². The number of nitrogens with one attached hydrogen (secondary N) is 2. The topological polar surface area (TPSA) is 118 Å². The molecule has 0 unspecified atom stereocenters. The van der Waals surface area contributed by atoms with Gasteiger partial charge in [0.15, 0.2) is 12.3 Å². The van der Waals surface area contributed by atoms with E-state index in [-0.39, 0.29) is 31.5 Å².